The van der Waals surface area contributed by atoms with E-state index in [1.165, 1.54) is 0 Å². The van der Waals surface area contributed by atoms with Gasteiger partial charge in [-0.1, -0.05) is 19.9 Å². The third kappa shape index (κ3) is 4.22. The first-order valence-electron chi connectivity index (χ1n) is 7.51. The zero-order valence-electron chi connectivity index (χ0n) is 13.9. The number of alkyl carbamates (subject to hydrolysis) is 1. The van der Waals surface area contributed by atoms with Gasteiger partial charge in [-0.2, -0.15) is 0 Å². The summed E-state index contributed by atoms with van der Waals surface area (Å²) >= 11 is 0. The van der Waals surface area contributed by atoms with Crippen molar-refractivity contribution < 1.29 is 19.1 Å². The molecule has 5 nitrogen and oxygen atoms in total. The summed E-state index contributed by atoms with van der Waals surface area (Å²) in [6.45, 7) is 11.4. The summed E-state index contributed by atoms with van der Waals surface area (Å²) in [7, 11) is 0. The van der Waals surface area contributed by atoms with Gasteiger partial charge in [0.1, 0.15) is 5.60 Å². The molecule has 1 atom stereocenters. The number of rotatable bonds is 4. The average molecular weight is 297 g/mol. The van der Waals surface area contributed by atoms with E-state index >= 15 is 0 Å². The fourth-order valence-electron chi connectivity index (χ4n) is 2.63. The molecule has 1 aliphatic rings. The van der Waals surface area contributed by atoms with Gasteiger partial charge in [0, 0.05) is 0 Å². The standard InChI is InChI=1S/C16H27NO4/c1-7-20-13(18)16(10-8-9-12(16)11(2)3)17-14(19)21-15(4,5)6/h9,11H,7-8,10H2,1-6H3,(H,17,19)/t16-/m0/s1. The number of ether oxygens (including phenoxy) is 2. The maximum Gasteiger partial charge on any atom is 0.408 e. The van der Waals surface area contributed by atoms with Crippen molar-refractivity contribution in [2.45, 2.75) is 65.5 Å². The van der Waals surface area contributed by atoms with Crippen LogP contribution in [0.1, 0.15) is 54.4 Å². The molecule has 1 amide bonds. The van der Waals surface area contributed by atoms with Crippen LogP contribution in [0.15, 0.2) is 11.6 Å². The van der Waals surface area contributed by atoms with Crippen LogP contribution >= 0.6 is 0 Å². The third-order valence-electron chi connectivity index (χ3n) is 3.34. The molecule has 0 heterocycles. The van der Waals surface area contributed by atoms with E-state index in [4.69, 9.17) is 9.47 Å². The van der Waals surface area contributed by atoms with E-state index in [1.807, 2.05) is 19.9 Å². The molecular formula is C16H27NO4. The summed E-state index contributed by atoms with van der Waals surface area (Å²) in [5.41, 5.74) is -0.806. The lowest BCUT2D eigenvalue weighted by Crippen LogP contribution is -2.57. The maximum atomic E-state index is 12.4. The van der Waals surface area contributed by atoms with Gasteiger partial charge in [-0.3, -0.25) is 0 Å². The van der Waals surface area contributed by atoms with E-state index in [9.17, 15) is 9.59 Å². The van der Waals surface area contributed by atoms with Crippen molar-refractivity contribution in [3.8, 4) is 0 Å². The van der Waals surface area contributed by atoms with Crippen LogP contribution in [0.4, 0.5) is 4.79 Å². The normalized spacial score (nSPS) is 22.0. The molecule has 120 valence electrons. The molecule has 1 N–H and O–H groups in total. The number of hydrogen-bond acceptors (Lipinski definition) is 4. The topological polar surface area (TPSA) is 64.6 Å². The minimum absolute atomic E-state index is 0.145. The van der Waals surface area contributed by atoms with E-state index < -0.39 is 23.2 Å². The van der Waals surface area contributed by atoms with E-state index in [1.54, 1.807) is 27.7 Å². The lowest BCUT2D eigenvalue weighted by atomic mass is 9.84. The van der Waals surface area contributed by atoms with Gasteiger partial charge in [-0.15, -0.1) is 0 Å². The van der Waals surface area contributed by atoms with Gasteiger partial charge >= 0.3 is 12.1 Å². The molecule has 1 rings (SSSR count). The molecule has 21 heavy (non-hydrogen) atoms. The maximum absolute atomic E-state index is 12.4. The van der Waals surface area contributed by atoms with Crippen LogP contribution in [-0.2, 0) is 14.3 Å². The van der Waals surface area contributed by atoms with Gasteiger partial charge < -0.3 is 14.8 Å². The fourth-order valence-corrected chi connectivity index (χ4v) is 2.63. The van der Waals surface area contributed by atoms with Crippen molar-refractivity contribution >= 4 is 12.1 Å². The molecule has 0 saturated heterocycles. The predicted molar refractivity (Wildman–Crippen MR) is 80.9 cm³/mol. The molecule has 0 aliphatic heterocycles. The van der Waals surface area contributed by atoms with Gasteiger partial charge in [0.2, 0.25) is 0 Å². The van der Waals surface area contributed by atoms with Crippen molar-refractivity contribution in [3.05, 3.63) is 11.6 Å². The summed E-state index contributed by atoms with van der Waals surface area (Å²) in [6.07, 6.45) is 2.67. The number of carbonyl (C=O) groups excluding carboxylic acids is 2. The van der Waals surface area contributed by atoms with Gasteiger partial charge in [-0.05, 0) is 52.0 Å². The molecule has 5 heteroatoms. The Bertz CT molecular complexity index is 434. The minimum atomic E-state index is -1.09. The molecule has 0 radical (unpaired) electrons. The second kappa shape index (κ2) is 6.50. The lowest BCUT2D eigenvalue weighted by Gasteiger charge is -2.33. The van der Waals surface area contributed by atoms with Crippen molar-refractivity contribution in [1.29, 1.82) is 0 Å². The van der Waals surface area contributed by atoms with Crippen molar-refractivity contribution in [1.82, 2.24) is 5.32 Å². The Hall–Kier alpha value is -1.52. The molecule has 0 aromatic carbocycles. The molecule has 0 aromatic heterocycles. The Balaban J connectivity index is 3.02. The molecular weight excluding hydrogens is 270 g/mol. The first kappa shape index (κ1) is 17.5. The Morgan fingerprint density at radius 1 is 1.38 bits per heavy atom. The molecule has 0 spiro atoms. The Morgan fingerprint density at radius 3 is 2.48 bits per heavy atom. The van der Waals surface area contributed by atoms with Gasteiger partial charge in [0.05, 0.1) is 6.61 Å². The number of nitrogens with one attached hydrogen (secondary N) is 1. The van der Waals surface area contributed by atoms with Crippen LogP contribution in [0.2, 0.25) is 0 Å². The molecule has 0 aromatic rings. The van der Waals surface area contributed by atoms with Crippen molar-refractivity contribution in [2.24, 2.45) is 5.92 Å². The van der Waals surface area contributed by atoms with Crippen LogP contribution < -0.4 is 5.32 Å². The molecule has 0 bridgehead atoms. The number of carbonyl (C=O) groups is 2. The molecule has 0 unspecified atom stereocenters. The second-order valence-electron chi connectivity index (χ2n) is 6.61. The van der Waals surface area contributed by atoms with Crippen LogP contribution in [0.3, 0.4) is 0 Å². The minimum Gasteiger partial charge on any atom is -0.464 e. The fraction of sp³-hybridized carbons (Fsp3) is 0.750. The smallest absolute Gasteiger partial charge is 0.408 e. The quantitative estimate of drug-likeness (QED) is 0.639. The lowest BCUT2D eigenvalue weighted by molar-refractivity contribution is -0.149. The SMILES string of the molecule is CCOC(=O)[C@]1(NC(=O)OC(C)(C)C)CCC=C1C(C)C. The van der Waals surface area contributed by atoms with Crippen molar-refractivity contribution in [2.75, 3.05) is 6.61 Å². The Labute approximate surface area is 127 Å². The Morgan fingerprint density at radius 2 is 2.00 bits per heavy atom. The highest BCUT2D eigenvalue weighted by molar-refractivity contribution is 5.90. The van der Waals surface area contributed by atoms with Crippen molar-refractivity contribution in [3.63, 3.8) is 0 Å². The molecule has 0 fully saturated rings. The monoisotopic (exact) mass is 297 g/mol. The summed E-state index contributed by atoms with van der Waals surface area (Å²) in [5, 5.41) is 2.76. The van der Waals surface area contributed by atoms with Crippen LogP contribution in [0, 0.1) is 5.92 Å². The first-order valence-corrected chi connectivity index (χ1v) is 7.51. The third-order valence-corrected chi connectivity index (χ3v) is 3.34. The largest absolute Gasteiger partial charge is 0.464 e. The number of esters is 1. The average Bonchev–Trinajstić information content (AvgIpc) is 2.71. The first-order chi connectivity index (χ1) is 9.62. The number of hydrogen-bond donors (Lipinski definition) is 1. The van der Waals surface area contributed by atoms with Gasteiger partial charge in [-0.25, -0.2) is 9.59 Å². The number of allylic oxidation sites excluding steroid dienone is 1. The van der Waals surface area contributed by atoms with Crippen LogP contribution in [0.5, 0.6) is 0 Å². The zero-order valence-corrected chi connectivity index (χ0v) is 13.9. The molecule has 1 aliphatic carbocycles. The summed E-state index contributed by atoms with van der Waals surface area (Å²) < 4.78 is 10.5. The zero-order chi connectivity index (χ0) is 16.3. The highest BCUT2D eigenvalue weighted by atomic mass is 16.6. The highest BCUT2D eigenvalue weighted by Gasteiger charge is 2.48. The van der Waals surface area contributed by atoms with E-state index in [2.05, 4.69) is 5.32 Å². The predicted octanol–water partition coefficient (Wildman–Crippen LogP) is 3.19. The Kier molecular flexibility index (Phi) is 5.42. The van der Waals surface area contributed by atoms with E-state index in [0.717, 1.165) is 12.0 Å². The summed E-state index contributed by atoms with van der Waals surface area (Å²) in [5.74, 6) is -0.264. The summed E-state index contributed by atoms with van der Waals surface area (Å²) in [4.78, 5) is 24.6. The molecule has 0 saturated carbocycles. The van der Waals surface area contributed by atoms with Gasteiger partial charge in [0.25, 0.3) is 0 Å². The van der Waals surface area contributed by atoms with Crippen LogP contribution in [-0.4, -0.2) is 29.8 Å². The summed E-state index contributed by atoms with van der Waals surface area (Å²) in [6, 6.07) is 0. The van der Waals surface area contributed by atoms with Gasteiger partial charge in [0.15, 0.2) is 5.54 Å². The van der Waals surface area contributed by atoms with E-state index in [-0.39, 0.29) is 12.5 Å². The second-order valence-corrected chi connectivity index (χ2v) is 6.61. The van der Waals surface area contributed by atoms with Crippen LogP contribution in [0.25, 0.3) is 0 Å². The highest BCUT2D eigenvalue weighted by Crippen LogP contribution is 2.36. The number of amides is 1. The van der Waals surface area contributed by atoms with E-state index in [0.29, 0.717) is 6.42 Å².